The number of rotatable bonds is 9. The summed E-state index contributed by atoms with van der Waals surface area (Å²) in [5, 5.41) is 5.31. The van der Waals surface area contributed by atoms with E-state index in [1.54, 1.807) is 17.9 Å². The van der Waals surface area contributed by atoms with Crippen LogP contribution in [0, 0.1) is 0 Å². The third-order valence-electron chi connectivity index (χ3n) is 6.26. The van der Waals surface area contributed by atoms with Gasteiger partial charge in [-0.15, -0.1) is 0 Å². The van der Waals surface area contributed by atoms with Gasteiger partial charge in [-0.1, -0.05) is 36.4 Å². The number of nitrogens with two attached hydrogens (primary N) is 1. The Morgan fingerprint density at radius 1 is 1.03 bits per heavy atom. The lowest BCUT2D eigenvalue weighted by atomic mass is 9.96. The van der Waals surface area contributed by atoms with E-state index in [9.17, 15) is 4.79 Å². The number of benzene rings is 3. The number of carbonyl (C=O) groups excluding carboxylic acids is 1. The maximum Gasteiger partial charge on any atom is 0.310 e. The van der Waals surface area contributed by atoms with E-state index in [4.69, 9.17) is 19.6 Å². The highest BCUT2D eigenvalue weighted by atomic mass is 16.5. The smallest absolute Gasteiger partial charge is 0.310 e. The molecule has 5 aromatic rings. The second kappa shape index (κ2) is 10.7. The molecule has 0 unspecified atom stereocenters. The Hall–Kier alpha value is -4.36. The molecule has 2 heterocycles. The molecule has 0 spiro atoms. The van der Waals surface area contributed by atoms with Crippen molar-refractivity contribution in [2.24, 2.45) is 12.8 Å². The van der Waals surface area contributed by atoms with Crippen molar-refractivity contribution in [1.82, 2.24) is 9.78 Å². The number of nitrogens with zero attached hydrogens (tertiary/aromatic N) is 2. The maximum atomic E-state index is 12.1. The average molecular weight is 496 g/mol. The predicted octanol–water partition coefficient (Wildman–Crippen LogP) is 5.64. The first-order chi connectivity index (χ1) is 18.1. The van der Waals surface area contributed by atoms with Crippen LogP contribution in [0.4, 0.5) is 0 Å². The largest absolute Gasteiger partial charge is 0.488 e. The van der Waals surface area contributed by atoms with E-state index in [-0.39, 0.29) is 19.0 Å². The van der Waals surface area contributed by atoms with Crippen LogP contribution in [0.3, 0.4) is 0 Å². The number of carbonyl (C=O) groups is 1. The van der Waals surface area contributed by atoms with Crippen LogP contribution in [0.25, 0.3) is 33.2 Å². The molecule has 2 aromatic heterocycles. The van der Waals surface area contributed by atoms with Crippen LogP contribution < -0.4 is 10.5 Å². The lowest BCUT2D eigenvalue weighted by Crippen LogP contribution is -2.09. The zero-order valence-electron chi connectivity index (χ0n) is 20.9. The predicted molar refractivity (Wildman–Crippen MR) is 143 cm³/mol. The first-order valence-corrected chi connectivity index (χ1v) is 12.2. The third kappa shape index (κ3) is 5.27. The van der Waals surface area contributed by atoms with Gasteiger partial charge in [0, 0.05) is 47.4 Å². The van der Waals surface area contributed by atoms with Crippen LogP contribution in [0.2, 0.25) is 0 Å². The van der Waals surface area contributed by atoms with E-state index in [2.05, 4.69) is 29.4 Å². The molecule has 37 heavy (non-hydrogen) atoms. The normalized spacial score (nSPS) is 11.1. The quantitative estimate of drug-likeness (QED) is 0.266. The Morgan fingerprint density at radius 2 is 1.89 bits per heavy atom. The second-order valence-corrected chi connectivity index (χ2v) is 8.85. The van der Waals surface area contributed by atoms with Gasteiger partial charge in [0.2, 0.25) is 0 Å². The molecular weight excluding hydrogens is 466 g/mol. The molecule has 0 atom stereocenters. The topological polar surface area (TPSA) is 92.5 Å². The SMILES string of the molecule is CCOC(=O)Cc1ccccc1OCc1coc2c(-c3cnn(C)c3)cc(-c3cccc(CN)c3)cc12. The first kappa shape index (κ1) is 24.3. The molecule has 3 aromatic carbocycles. The summed E-state index contributed by atoms with van der Waals surface area (Å²) in [7, 11) is 1.89. The van der Waals surface area contributed by atoms with Crippen LogP contribution >= 0.6 is 0 Å². The van der Waals surface area contributed by atoms with Crippen molar-refractivity contribution in [3.05, 3.63) is 96.0 Å². The van der Waals surface area contributed by atoms with Crippen molar-refractivity contribution in [1.29, 1.82) is 0 Å². The van der Waals surface area contributed by atoms with Gasteiger partial charge in [-0.25, -0.2) is 0 Å². The molecule has 0 fully saturated rings. The van der Waals surface area contributed by atoms with Crippen LogP contribution in [0.15, 0.2) is 83.7 Å². The fraction of sp³-hybridized carbons (Fsp3) is 0.200. The summed E-state index contributed by atoms with van der Waals surface area (Å²) in [6, 6.07) is 20.0. The molecule has 7 heteroatoms. The molecule has 0 aliphatic heterocycles. The van der Waals surface area contributed by atoms with Crippen LogP contribution in [-0.4, -0.2) is 22.4 Å². The fourth-order valence-electron chi connectivity index (χ4n) is 4.43. The van der Waals surface area contributed by atoms with E-state index in [1.807, 2.05) is 55.8 Å². The lowest BCUT2D eigenvalue weighted by Gasteiger charge is -2.11. The molecule has 0 bridgehead atoms. The number of ether oxygens (including phenoxy) is 2. The van der Waals surface area contributed by atoms with Gasteiger partial charge in [-0.3, -0.25) is 9.48 Å². The molecule has 0 aliphatic rings. The Kier molecular flexibility index (Phi) is 7.05. The zero-order chi connectivity index (χ0) is 25.8. The number of aryl methyl sites for hydroxylation is 1. The van der Waals surface area contributed by atoms with Gasteiger partial charge in [-0.2, -0.15) is 5.10 Å². The number of furan rings is 1. The summed E-state index contributed by atoms with van der Waals surface area (Å²) in [6.45, 7) is 2.90. The molecule has 0 saturated carbocycles. The van der Waals surface area contributed by atoms with Gasteiger partial charge in [0.15, 0.2) is 0 Å². The number of fused-ring (bicyclic) bond motifs is 1. The van der Waals surface area contributed by atoms with E-state index >= 15 is 0 Å². The average Bonchev–Trinajstić information content (AvgIpc) is 3.54. The Morgan fingerprint density at radius 3 is 2.68 bits per heavy atom. The Bertz CT molecular complexity index is 1550. The number of esters is 1. The highest BCUT2D eigenvalue weighted by Gasteiger charge is 2.17. The summed E-state index contributed by atoms with van der Waals surface area (Å²) in [5.41, 5.74) is 13.5. The van der Waals surface area contributed by atoms with Gasteiger partial charge in [0.1, 0.15) is 17.9 Å². The zero-order valence-corrected chi connectivity index (χ0v) is 20.9. The lowest BCUT2D eigenvalue weighted by molar-refractivity contribution is -0.142. The minimum absolute atomic E-state index is 0.156. The Balaban J connectivity index is 1.53. The van der Waals surface area contributed by atoms with Gasteiger partial charge in [0.05, 0.1) is 25.5 Å². The summed E-state index contributed by atoms with van der Waals surface area (Å²) in [6.07, 6.45) is 5.69. The molecule has 0 amide bonds. The van der Waals surface area contributed by atoms with Crippen molar-refractivity contribution < 1.29 is 18.7 Å². The number of hydrogen-bond acceptors (Lipinski definition) is 6. The van der Waals surface area contributed by atoms with E-state index in [1.165, 1.54) is 0 Å². The van der Waals surface area contributed by atoms with Crippen LogP contribution in [0.1, 0.15) is 23.6 Å². The molecule has 0 aliphatic carbocycles. The third-order valence-corrected chi connectivity index (χ3v) is 6.26. The van der Waals surface area contributed by atoms with Crippen molar-refractivity contribution in [3.63, 3.8) is 0 Å². The van der Waals surface area contributed by atoms with Gasteiger partial charge < -0.3 is 19.6 Å². The second-order valence-electron chi connectivity index (χ2n) is 8.85. The van der Waals surface area contributed by atoms with Gasteiger partial charge in [-0.05, 0) is 47.9 Å². The summed E-state index contributed by atoms with van der Waals surface area (Å²) >= 11 is 0. The van der Waals surface area contributed by atoms with Gasteiger partial charge in [0.25, 0.3) is 0 Å². The highest BCUT2D eigenvalue weighted by molar-refractivity contribution is 5.98. The first-order valence-electron chi connectivity index (χ1n) is 12.2. The molecule has 5 rings (SSSR count). The van der Waals surface area contributed by atoms with Crippen molar-refractivity contribution >= 4 is 16.9 Å². The highest BCUT2D eigenvalue weighted by Crippen LogP contribution is 2.37. The van der Waals surface area contributed by atoms with E-state index in [0.717, 1.165) is 49.9 Å². The molecule has 0 radical (unpaired) electrons. The maximum absolute atomic E-state index is 12.1. The summed E-state index contributed by atoms with van der Waals surface area (Å²) < 4.78 is 19.2. The molecule has 2 N–H and O–H groups in total. The van der Waals surface area contributed by atoms with Crippen molar-refractivity contribution in [2.45, 2.75) is 26.5 Å². The monoisotopic (exact) mass is 495 g/mol. The molecule has 188 valence electrons. The van der Waals surface area contributed by atoms with Crippen molar-refractivity contribution in [3.8, 4) is 28.0 Å². The van der Waals surface area contributed by atoms with E-state index in [0.29, 0.717) is 18.9 Å². The summed E-state index contributed by atoms with van der Waals surface area (Å²) in [5.74, 6) is 0.363. The minimum Gasteiger partial charge on any atom is -0.488 e. The van der Waals surface area contributed by atoms with Crippen molar-refractivity contribution in [2.75, 3.05) is 6.61 Å². The number of para-hydroxylation sites is 1. The van der Waals surface area contributed by atoms with Crippen LogP contribution in [0.5, 0.6) is 5.75 Å². The standard InChI is InChI=1S/C30H29N3O4/c1-3-35-29(34)14-22-8-4-5-10-28(22)36-18-25-19-37-30-26(24-16-32-33(2)17-24)12-23(13-27(25)30)21-9-6-7-20(11-21)15-31/h4-13,16-17,19H,3,14-15,18,31H2,1-2H3. The minimum atomic E-state index is -0.280. The fourth-order valence-corrected chi connectivity index (χ4v) is 4.43. The van der Waals surface area contributed by atoms with E-state index < -0.39 is 0 Å². The molecule has 7 nitrogen and oxygen atoms in total. The van der Waals surface area contributed by atoms with Gasteiger partial charge >= 0.3 is 5.97 Å². The number of aromatic nitrogens is 2. The van der Waals surface area contributed by atoms with Crippen LogP contribution in [-0.2, 0) is 36.2 Å². The molecular formula is C30H29N3O4. The summed E-state index contributed by atoms with van der Waals surface area (Å²) in [4.78, 5) is 12.1. The number of hydrogen-bond donors (Lipinski definition) is 1. The Labute approximate surface area is 215 Å². The molecule has 0 saturated heterocycles.